The molecule has 0 heterocycles. The Morgan fingerprint density at radius 1 is 1.60 bits per heavy atom. The van der Waals surface area contributed by atoms with Crippen molar-refractivity contribution in [3.63, 3.8) is 0 Å². The molecule has 1 rings (SSSR count). The van der Waals surface area contributed by atoms with Crippen LogP contribution in [0.4, 0.5) is 5.69 Å². The quantitative estimate of drug-likeness (QED) is 0.586. The molecular weight excluding hydrogens is 200 g/mol. The summed E-state index contributed by atoms with van der Waals surface area (Å²) >= 11 is 0. The average Bonchev–Trinajstić information content (AvgIpc) is 2.15. The predicted octanol–water partition coefficient (Wildman–Crippen LogP) is 0.767. The first kappa shape index (κ1) is 11.0. The molecule has 6 nitrogen and oxygen atoms in total. The van der Waals surface area contributed by atoms with Gasteiger partial charge >= 0.3 is 0 Å². The first-order valence-corrected chi connectivity index (χ1v) is 4.17. The Kier molecular flexibility index (Phi) is 3.22. The van der Waals surface area contributed by atoms with Gasteiger partial charge in [-0.25, -0.2) is 0 Å². The van der Waals surface area contributed by atoms with E-state index in [9.17, 15) is 14.9 Å². The van der Waals surface area contributed by atoms with Crippen molar-refractivity contribution in [2.75, 3.05) is 6.61 Å². The molecule has 0 bridgehead atoms. The largest absolute Gasteiger partial charge is 0.483 e. The number of ether oxygens (including phenoxy) is 1. The first-order valence-electron chi connectivity index (χ1n) is 4.17. The van der Waals surface area contributed by atoms with Gasteiger partial charge in [-0.05, 0) is 13.0 Å². The predicted molar refractivity (Wildman–Crippen MR) is 52.5 cm³/mol. The molecule has 6 heteroatoms. The SMILES string of the molecule is Cc1c(OCC(N)=O)cccc1[N+](=O)[O-]. The van der Waals surface area contributed by atoms with Gasteiger partial charge in [0.2, 0.25) is 0 Å². The highest BCUT2D eigenvalue weighted by Gasteiger charge is 2.14. The third-order valence-corrected chi connectivity index (χ3v) is 1.82. The normalized spacial score (nSPS) is 9.67. The van der Waals surface area contributed by atoms with Crippen molar-refractivity contribution in [3.8, 4) is 5.75 Å². The Hall–Kier alpha value is -2.11. The van der Waals surface area contributed by atoms with Gasteiger partial charge in [-0.2, -0.15) is 0 Å². The van der Waals surface area contributed by atoms with Gasteiger partial charge in [0.05, 0.1) is 10.5 Å². The summed E-state index contributed by atoms with van der Waals surface area (Å²) in [5, 5.41) is 10.6. The van der Waals surface area contributed by atoms with E-state index in [0.717, 1.165) is 0 Å². The molecule has 80 valence electrons. The summed E-state index contributed by atoms with van der Waals surface area (Å²) in [6, 6.07) is 4.40. The van der Waals surface area contributed by atoms with E-state index in [4.69, 9.17) is 10.5 Å². The average molecular weight is 210 g/mol. The van der Waals surface area contributed by atoms with Crippen LogP contribution in [-0.2, 0) is 4.79 Å². The molecule has 2 N–H and O–H groups in total. The lowest BCUT2D eigenvalue weighted by Gasteiger charge is -2.06. The number of nitrogens with two attached hydrogens (primary N) is 1. The summed E-state index contributed by atoms with van der Waals surface area (Å²) < 4.78 is 5.01. The van der Waals surface area contributed by atoms with Crippen LogP contribution in [-0.4, -0.2) is 17.4 Å². The van der Waals surface area contributed by atoms with Crippen molar-refractivity contribution < 1.29 is 14.5 Å². The monoisotopic (exact) mass is 210 g/mol. The van der Waals surface area contributed by atoms with Gasteiger partial charge in [-0.15, -0.1) is 0 Å². The van der Waals surface area contributed by atoms with Gasteiger partial charge in [0.25, 0.3) is 11.6 Å². The molecule has 0 unspecified atom stereocenters. The van der Waals surface area contributed by atoms with Crippen molar-refractivity contribution in [2.24, 2.45) is 5.73 Å². The van der Waals surface area contributed by atoms with Crippen molar-refractivity contribution >= 4 is 11.6 Å². The Morgan fingerprint density at radius 2 is 2.27 bits per heavy atom. The summed E-state index contributed by atoms with van der Waals surface area (Å²) in [7, 11) is 0. The molecule has 15 heavy (non-hydrogen) atoms. The molecule has 0 radical (unpaired) electrons. The van der Waals surface area contributed by atoms with E-state index < -0.39 is 10.8 Å². The number of nitro benzene ring substituents is 1. The van der Waals surface area contributed by atoms with Crippen LogP contribution in [0.3, 0.4) is 0 Å². The van der Waals surface area contributed by atoms with E-state index >= 15 is 0 Å². The third-order valence-electron chi connectivity index (χ3n) is 1.82. The molecule has 0 fully saturated rings. The zero-order valence-corrected chi connectivity index (χ0v) is 8.10. The molecule has 0 saturated heterocycles. The number of amides is 1. The number of carbonyl (C=O) groups is 1. The molecule has 1 aromatic carbocycles. The van der Waals surface area contributed by atoms with Gasteiger partial charge in [0.15, 0.2) is 6.61 Å². The number of nitrogens with zero attached hydrogens (tertiary/aromatic N) is 1. The van der Waals surface area contributed by atoms with Crippen LogP contribution in [0.2, 0.25) is 0 Å². The minimum absolute atomic E-state index is 0.0445. The third kappa shape index (κ3) is 2.67. The number of nitro groups is 1. The van der Waals surface area contributed by atoms with Crippen molar-refractivity contribution in [2.45, 2.75) is 6.92 Å². The maximum Gasteiger partial charge on any atom is 0.276 e. The molecule has 0 saturated carbocycles. The van der Waals surface area contributed by atoms with Crippen LogP contribution in [0, 0.1) is 17.0 Å². The van der Waals surface area contributed by atoms with E-state index in [1.54, 1.807) is 13.0 Å². The second-order valence-electron chi connectivity index (χ2n) is 2.91. The molecule has 0 aliphatic rings. The molecule has 1 aromatic rings. The zero-order valence-electron chi connectivity index (χ0n) is 8.10. The minimum atomic E-state index is -0.624. The van der Waals surface area contributed by atoms with Gasteiger partial charge in [-0.3, -0.25) is 14.9 Å². The van der Waals surface area contributed by atoms with E-state index in [0.29, 0.717) is 11.3 Å². The van der Waals surface area contributed by atoms with E-state index in [1.165, 1.54) is 12.1 Å². The fourth-order valence-corrected chi connectivity index (χ4v) is 1.11. The highest BCUT2D eigenvalue weighted by Crippen LogP contribution is 2.26. The highest BCUT2D eigenvalue weighted by atomic mass is 16.6. The summed E-state index contributed by atoms with van der Waals surface area (Å²) in [4.78, 5) is 20.5. The first-order chi connectivity index (χ1) is 7.02. The number of hydrogen-bond acceptors (Lipinski definition) is 4. The fourth-order valence-electron chi connectivity index (χ4n) is 1.11. The van der Waals surface area contributed by atoms with E-state index in [1.807, 2.05) is 0 Å². The number of carbonyl (C=O) groups excluding carboxylic acids is 1. The van der Waals surface area contributed by atoms with Gasteiger partial charge in [0, 0.05) is 6.07 Å². The molecule has 0 spiro atoms. The highest BCUT2D eigenvalue weighted by molar-refractivity contribution is 5.75. The molecule has 0 aromatic heterocycles. The second kappa shape index (κ2) is 4.41. The van der Waals surface area contributed by atoms with E-state index in [2.05, 4.69) is 0 Å². The molecule has 1 amide bonds. The molecular formula is C9H10N2O4. The van der Waals surface area contributed by atoms with Gasteiger partial charge in [-0.1, -0.05) is 6.07 Å². The Balaban J connectivity index is 2.94. The number of benzene rings is 1. The smallest absolute Gasteiger partial charge is 0.276 e. The number of hydrogen-bond donors (Lipinski definition) is 1. The molecule has 0 atom stereocenters. The lowest BCUT2D eigenvalue weighted by atomic mass is 10.2. The van der Waals surface area contributed by atoms with E-state index in [-0.39, 0.29) is 12.3 Å². The van der Waals surface area contributed by atoms with Crippen LogP contribution in [0.5, 0.6) is 5.75 Å². The minimum Gasteiger partial charge on any atom is -0.483 e. The lowest BCUT2D eigenvalue weighted by molar-refractivity contribution is -0.385. The van der Waals surface area contributed by atoms with Crippen LogP contribution >= 0.6 is 0 Å². The summed E-state index contributed by atoms with van der Waals surface area (Å²) in [6.07, 6.45) is 0. The summed E-state index contributed by atoms with van der Waals surface area (Å²) in [5.41, 5.74) is 5.22. The number of primary amides is 1. The summed E-state index contributed by atoms with van der Waals surface area (Å²) in [5.74, 6) is -0.330. The lowest BCUT2D eigenvalue weighted by Crippen LogP contribution is -2.20. The van der Waals surface area contributed by atoms with Crippen LogP contribution in [0.15, 0.2) is 18.2 Å². The molecule has 0 aliphatic carbocycles. The van der Waals surface area contributed by atoms with Crippen LogP contribution in [0.25, 0.3) is 0 Å². The standard InChI is InChI=1S/C9H10N2O4/c1-6-7(11(13)14)3-2-4-8(6)15-5-9(10)12/h2-4H,5H2,1H3,(H2,10,12). The topological polar surface area (TPSA) is 95.5 Å². The zero-order chi connectivity index (χ0) is 11.4. The Labute approximate surface area is 85.8 Å². The van der Waals surface area contributed by atoms with Gasteiger partial charge in [0.1, 0.15) is 5.75 Å². The maximum atomic E-state index is 10.6. The maximum absolute atomic E-state index is 10.6. The van der Waals surface area contributed by atoms with Crippen molar-refractivity contribution in [1.29, 1.82) is 0 Å². The Morgan fingerprint density at radius 3 is 2.80 bits per heavy atom. The molecule has 0 aliphatic heterocycles. The van der Waals surface area contributed by atoms with Crippen molar-refractivity contribution in [1.82, 2.24) is 0 Å². The summed E-state index contributed by atoms with van der Waals surface area (Å²) in [6.45, 7) is 1.26. The van der Waals surface area contributed by atoms with Crippen LogP contribution in [0.1, 0.15) is 5.56 Å². The van der Waals surface area contributed by atoms with Gasteiger partial charge < -0.3 is 10.5 Å². The Bertz CT molecular complexity index is 403. The van der Waals surface area contributed by atoms with Crippen LogP contribution < -0.4 is 10.5 Å². The second-order valence-corrected chi connectivity index (χ2v) is 2.91. The van der Waals surface area contributed by atoms with Crippen molar-refractivity contribution in [3.05, 3.63) is 33.9 Å². The number of rotatable bonds is 4. The fraction of sp³-hybridized carbons (Fsp3) is 0.222.